The maximum Gasteiger partial charge on any atom is 0.251 e. The second-order valence-electron chi connectivity index (χ2n) is 6.75. The molecule has 1 aromatic carbocycles. The number of amides is 2. The number of aromatic nitrogens is 2. The largest absolute Gasteiger partial charge is 0.352 e. The zero-order chi connectivity index (χ0) is 18.4. The Labute approximate surface area is 154 Å². The predicted octanol–water partition coefficient (Wildman–Crippen LogP) is 2.39. The lowest BCUT2D eigenvalue weighted by molar-refractivity contribution is -0.135. The molecule has 6 heteroatoms. The van der Waals surface area contributed by atoms with Crippen LogP contribution < -0.4 is 5.32 Å². The molecule has 2 amide bonds. The summed E-state index contributed by atoms with van der Waals surface area (Å²) in [6.45, 7) is 3.61. The van der Waals surface area contributed by atoms with E-state index in [1.807, 2.05) is 40.8 Å². The molecule has 0 aliphatic carbocycles. The number of piperidine rings is 1. The minimum atomic E-state index is -0.0617. The third kappa shape index (κ3) is 4.50. The summed E-state index contributed by atoms with van der Waals surface area (Å²) in [6.07, 6.45) is 7.51. The summed E-state index contributed by atoms with van der Waals surface area (Å²) in [5.41, 5.74) is 0.666. The topological polar surface area (TPSA) is 67.2 Å². The summed E-state index contributed by atoms with van der Waals surface area (Å²) in [4.78, 5) is 31.0. The number of imidazole rings is 1. The molecule has 1 aromatic heterocycles. The molecule has 138 valence electrons. The van der Waals surface area contributed by atoms with Crippen LogP contribution in [0.1, 0.15) is 41.9 Å². The zero-order valence-corrected chi connectivity index (χ0v) is 15.2. The highest BCUT2D eigenvalue weighted by Crippen LogP contribution is 2.20. The number of benzene rings is 1. The number of hydrogen-bond acceptors (Lipinski definition) is 3. The molecule has 1 aliphatic rings. The first-order valence-electron chi connectivity index (χ1n) is 9.25. The van der Waals surface area contributed by atoms with Gasteiger partial charge in [-0.25, -0.2) is 4.98 Å². The maximum absolute atomic E-state index is 12.7. The van der Waals surface area contributed by atoms with E-state index in [0.29, 0.717) is 18.7 Å². The van der Waals surface area contributed by atoms with Crippen LogP contribution in [0.15, 0.2) is 42.7 Å². The Morgan fingerprint density at radius 2 is 2.04 bits per heavy atom. The maximum atomic E-state index is 12.7. The van der Waals surface area contributed by atoms with Crippen molar-refractivity contribution in [2.45, 2.75) is 45.2 Å². The van der Waals surface area contributed by atoms with E-state index in [4.69, 9.17) is 0 Å². The molecule has 1 N–H and O–H groups in total. The number of likely N-dealkylation sites (tertiary alicyclic amines) is 1. The molecule has 1 fully saturated rings. The highest BCUT2D eigenvalue weighted by molar-refractivity contribution is 5.94. The molecule has 0 spiro atoms. The average molecular weight is 354 g/mol. The van der Waals surface area contributed by atoms with Crippen molar-refractivity contribution in [2.24, 2.45) is 0 Å². The van der Waals surface area contributed by atoms with E-state index in [1.54, 1.807) is 18.3 Å². The first-order valence-corrected chi connectivity index (χ1v) is 9.25. The van der Waals surface area contributed by atoms with Gasteiger partial charge in [0.25, 0.3) is 5.91 Å². The standard InChI is InChI=1S/C20H26N4O2/c1-16-21-12-14-23(16)15-19(25)24-13-6-5-9-18(24)10-11-22-20(26)17-7-3-2-4-8-17/h2-4,7-8,12,14,18H,5-6,9-11,13,15H2,1H3,(H,22,26). The molecule has 1 unspecified atom stereocenters. The van der Waals surface area contributed by atoms with Crippen LogP contribution in [0, 0.1) is 6.92 Å². The van der Waals surface area contributed by atoms with Crippen LogP contribution in [0.3, 0.4) is 0 Å². The molecule has 0 saturated carbocycles. The van der Waals surface area contributed by atoms with E-state index in [9.17, 15) is 9.59 Å². The second-order valence-corrected chi connectivity index (χ2v) is 6.75. The van der Waals surface area contributed by atoms with Gasteiger partial charge >= 0.3 is 0 Å². The number of nitrogens with zero attached hydrogens (tertiary/aromatic N) is 3. The van der Waals surface area contributed by atoms with Crippen LogP contribution in [-0.2, 0) is 11.3 Å². The Kier molecular flexibility index (Phi) is 6.04. The van der Waals surface area contributed by atoms with Crippen molar-refractivity contribution in [1.82, 2.24) is 19.8 Å². The van der Waals surface area contributed by atoms with Crippen molar-refractivity contribution in [3.8, 4) is 0 Å². The number of hydrogen-bond donors (Lipinski definition) is 1. The average Bonchev–Trinajstić information content (AvgIpc) is 3.07. The lowest BCUT2D eigenvalue weighted by Crippen LogP contribution is -2.46. The van der Waals surface area contributed by atoms with E-state index in [2.05, 4.69) is 10.3 Å². The molecule has 2 aromatic rings. The Hall–Kier alpha value is -2.63. The predicted molar refractivity (Wildman–Crippen MR) is 99.7 cm³/mol. The molecule has 26 heavy (non-hydrogen) atoms. The van der Waals surface area contributed by atoms with Crippen LogP contribution in [-0.4, -0.2) is 45.4 Å². The van der Waals surface area contributed by atoms with Crippen LogP contribution in [0.2, 0.25) is 0 Å². The highest BCUT2D eigenvalue weighted by atomic mass is 16.2. The summed E-state index contributed by atoms with van der Waals surface area (Å²) in [7, 11) is 0. The van der Waals surface area contributed by atoms with Crippen LogP contribution in [0.4, 0.5) is 0 Å². The van der Waals surface area contributed by atoms with Gasteiger partial charge in [-0.2, -0.15) is 0 Å². The van der Waals surface area contributed by atoms with Gasteiger partial charge in [-0.15, -0.1) is 0 Å². The monoisotopic (exact) mass is 354 g/mol. The molecule has 1 atom stereocenters. The summed E-state index contributed by atoms with van der Waals surface area (Å²) in [5.74, 6) is 0.917. The molecular formula is C20H26N4O2. The van der Waals surface area contributed by atoms with Crippen LogP contribution >= 0.6 is 0 Å². The fourth-order valence-corrected chi connectivity index (χ4v) is 3.48. The van der Waals surface area contributed by atoms with Gasteiger partial charge in [0.05, 0.1) is 0 Å². The minimum absolute atomic E-state index is 0.0617. The fourth-order valence-electron chi connectivity index (χ4n) is 3.48. The van der Waals surface area contributed by atoms with Gasteiger partial charge in [0, 0.05) is 37.1 Å². The Morgan fingerprint density at radius 1 is 1.23 bits per heavy atom. The van der Waals surface area contributed by atoms with Gasteiger partial charge in [0.1, 0.15) is 12.4 Å². The third-order valence-corrected chi connectivity index (χ3v) is 4.98. The summed E-state index contributed by atoms with van der Waals surface area (Å²) in [5, 5.41) is 2.97. The smallest absolute Gasteiger partial charge is 0.251 e. The quantitative estimate of drug-likeness (QED) is 0.866. The summed E-state index contributed by atoms with van der Waals surface area (Å²) >= 11 is 0. The van der Waals surface area contributed by atoms with Crippen molar-refractivity contribution in [2.75, 3.05) is 13.1 Å². The molecule has 6 nitrogen and oxygen atoms in total. The zero-order valence-electron chi connectivity index (χ0n) is 15.2. The SMILES string of the molecule is Cc1nccn1CC(=O)N1CCCCC1CCNC(=O)c1ccccc1. The summed E-state index contributed by atoms with van der Waals surface area (Å²) < 4.78 is 1.88. The Bertz CT molecular complexity index is 741. The van der Waals surface area contributed by atoms with E-state index >= 15 is 0 Å². The Balaban J connectivity index is 1.53. The molecule has 1 saturated heterocycles. The number of carbonyl (C=O) groups excluding carboxylic acids is 2. The number of rotatable bonds is 6. The third-order valence-electron chi connectivity index (χ3n) is 4.98. The van der Waals surface area contributed by atoms with E-state index in [0.717, 1.165) is 38.1 Å². The van der Waals surface area contributed by atoms with Crippen LogP contribution in [0.5, 0.6) is 0 Å². The van der Waals surface area contributed by atoms with Gasteiger partial charge in [-0.1, -0.05) is 18.2 Å². The molecule has 0 radical (unpaired) electrons. The number of carbonyl (C=O) groups is 2. The van der Waals surface area contributed by atoms with Crippen molar-refractivity contribution in [1.29, 1.82) is 0 Å². The van der Waals surface area contributed by atoms with Crippen molar-refractivity contribution in [3.63, 3.8) is 0 Å². The first kappa shape index (κ1) is 18.2. The Morgan fingerprint density at radius 3 is 2.77 bits per heavy atom. The van der Waals surface area contributed by atoms with Crippen molar-refractivity contribution in [3.05, 3.63) is 54.1 Å². The van der Waals surface area contributed by atoms with E-state index in [1.165, 1.54) is 0 Å². The first-order chi connectivity index (χ1) is 12.6. The van der Waals surface area contributed by atoms with Gasteiger partial charge in [-0.05, 0) is 44.7 Å². The summed E-state index contributed by atoms with van der Waals surface area (Å²) in [6, 6.07) is 9.40. The molecule has 3 rings (SSSR count). The van der Waals surface area contributed by atoms with Gasteiger partial charge in [0.15, 0.2) is 0 Å². The molecule has 2 heterocycles. The van der Waals surface area contributed by atoms with Gasteiger partial charge in [-0.3, -0.25) is 9.59 Å². The minimum Gasteiger partial charge on any atom is -0.352 e. The van der Waals surface area contributed by atoms with Crippen molar-refractivity contribution >= 4 is 11.8 Å². The lowest BCUT2D eigenvalue weighted by atomic mass is 9.99. The fraction of sp³-hybridized carbons (Fsp3) is 0.450. The normalized spacial score (nSPS) is 17.1. The van der Waals surface area contributed by atoms with Crippen molar-refractivity contribution < 1.29 is 9.59 Å². The lowest BCUT2D eigenvalue weighted by Gasteiger charge is -2.36. The van der Waals surface area contributed by atoms with E-state index in [-0.39, 0.29) is 17.9 Å². The molecule has 1 aliphatic heterocycles. The van der Waals surface area contributed by atoms with Gasteiger partial charge < -0.3 is 14.8 Å². The van der Waals surface area contributed by atoms with Gasteiger partial charge in [0.2, 0.25) is 5.91 Å². The second kappa shape index (κ2) is 8.65. The molecular weight excluding hydrogens is 328 g/mol. The molecule has 0 bridgehead atoms. The van der Waals surface area contributed by atoms with Crippen LogP contribution in [0.25, 0.3) is 0 Å². The highest BCUT2D eigenvalue weighted by Gasteiger charge is 2.26. The number of aryl methyl sites for hydroxylation is 1. The number of nitrogens with one attached hydrogen (secondary N) is 1. The van der Waals surface area contributed by atoms with E-state index < -0.39 is 0 Å².